The van der Waals surface area contributed by atoms with Gasteiger partial charge in [-0.25, -0.2) is 0 Å². The van der Waals surface area contributed by atoms with E-state index in [1.54, 1.807) is 28.9 Å². The predicted octanol–water partition coefficient (Wildman–Crippen LogP) is 1.64. The van der Waals surface area contributed by atoms with Crippen LogP contribution < -0.4 is 4.90 Å². The molecule has 1 heterocycles. The molecule has 1 aromatic heterocycles. The lowest BCUT2D eigenvalue weighted by molar-refractivity contribution is -0.137. The van der Waals surface area contributed by atoms with Crippen LogP contribution in [0.2, 0.25) is 0 Å². The van der Waals surface area contributed by atoms with Crippen LogP contribution in [0.15, 0.2) is 36.5 Å². The Hall–Kier alpha value is -2.63. The summed E-state index contributed by atoms with van der Waals surface area (Å²) in [5.41, 5.74) is 2.87. The van der Waals surface area contributed by atoms with Gasteiger partial charge in [0.2, 0.25) is 5.91 Å². The maximum atomic E-state index is 12.9. The number of benzene rings is 1. The fourth-order valence-corrected chi connectivity index (χ4v) is 3.12. The standard InChI is InChI=1S/C17H19N3O3/c1-19-15-9-12(7-8-13(15)10-18-19)17(23)20(11-16(21)22)14-5-3-2-4-6-14/h2-6,10,12H,7-9,11H2,1H3,(H,21,22). The molecule has 1 aliphatic carbocycles. The molecule has 120 valence electrons. The number of aliphatic carboxylic acids is 1. The molecule has 6 heteroatoms. The monoisotopic (exact) mass is 313 g/mol. The highest BCUT2D eigenvalue weighted by Gasteiger charge is 2.31. The number of aromatic nitrogens is 2. The third-order valence-electron chi connectivity index (χ3n) is 4.33. The molecule has 0 bridgehead atoms. The summed E-state index contributed by atoms with van der Waals surface area (Å²) >= 11 is 0. The Balaban J connectivity index is 1.84. The lowest BCUT2D eigenvalue weighted by Gasteiger charge is -2.28. The zero-order valence-electron chi connectivity index (χ0n) is 13.0. The number of hydrogen-bond donors (Lipinski definition) is 1. The van der Waals surface area contributed by atoms with E-state index in [0.29, 0.717) is 12.1 Å². The van der Waals surface area contributed by atoms with Gasteiger partial charge in [-0.1, -0.05) is 18.2 Å². The van der Waals surface area contributed by atoms with Crippen molar-refractivity contribution in [3.63, 3.8) is 0 Å². The van der Waals surface area contributed by atoms with E-state index in [2.05, 4.69) is 5.10 Å². The van der Waals surface area contributed by atoms with Crippen LogP contribution in [0.4, 0.5) is 5.69 Å². The van der Waals surface area contributed by atoms with Crippen LogP contribution in [0.5, 0.6) is 0 Å². The highest BCUT2D eigenvalue weighted by atomic mass is 16.4. The van der Waals surface area contributed by atoms with Gasteiger partial charge in [0.05, 0.1) is 6.20 Å². The molecule has 0 aliphatic heterocycles. The van der Waals surface area contributed by atoms with Crippen molar-refractivity contribution < 1.29 is 14.7 Å². The second kappa shape index (κ2) is 6.24. The molecule has 1 aromatic carbocycles. The van der Waals surface area contributed by atoms with E-state index in [4.69, 9.17) is 5.11 Å². The lowest BCUT2D eigenvalue weighted by atomic mass is 9.87. The van der Waals surface area contributed by atoms with Crippen molar-refractivity contribution in [1.82, 2.24) is 9.78 Å². The van der Waals surface area contributed by atoms with Gasteiger partial charge in [0.1, 0.15) is 6.54 Å². The van der Waals surface area contributed by atoms with Crippen LogP contribution >= 0.6 is 0 Å². The zero-order valence-corrected chi connectivity index (χ0v) is 13.0. The topological polar surface area (TPSA) is 75.4 Å². The summed E-state index contributed by atoms with van der Waals surface area (Å²) in [7, 11) is 1.87. The van der Waals surface area contributed by atoms with Crippen molar-refractivity contribution in [2.45, 2.75) is 19.3 Å². The van der Waals surface area contributed by atoms with E-state index in [1.807, 2.05) is 19.3 Å². The molecule has 6 nitrogen and oxygen atoms in total. The minimum Gasteiger partial charge on any atom is -0.480 e. The molecule has 0 fully saturated rings. The Labute approximate surface area is 134 Å². The third kappa shape index (κ3) is 3.11. The van der Waals surface area contributed by atoms with Crippen molar-refractivity contribution in [3.8, 4) is 0 Å². The van der Waals surface area contributed by atoms with Gasteiger partial charge in [-0.2, -0.15) is 5.10 Å². The van der Waals surface area contributed by atoms with Crippen LogP contribution in [0.25, 0.3) is 0 Å². The Morgan fingerprint density at radius 1 is 1.35 bits per heavy atom. The summed E-state index contributed by atoms with van der Waals surface area (Å²) in [6.45, 7) is -0.322. The van der Waals surface area contributed by atoms with Crippen molar-refractivity contribution in [1.29, 1.82) is 0 Å². The first-order valence-corrected chi connectivity index (χ1v) is 7.64. The first-order valence-electron chi connectivity index (χ1n) is 7.64. The quantitative estimate of drug-likeness (QED) is 0.931. The number of para-hydroxylation sites is 1. The number of hydrogen-bond acceptors (Lipinski definition) is 3. The molecule has 1 unspecified atom stereocenters. The molecule has 1 aliphatic rings. The van der Waals surface area contributed by atoms with E-state index >= 15 is 0 Å². The van der Waals surface area contributed by atoms with Gasteiger partial charge < -0.3 is 10.0 Å². The molecule has 1 N–H and O–H groups in total. The molecule has 0 saturated heterocycles. The summed E-state index contributed by atoms with van der Waals surface area (Å²) in [4.78, 5) is 25.5. The fraction of sp³-hybridized carbons (Fsp3) is 0.353. The van der Waals surface area contributed by atoms with Crippen LogP contribution in [-0.4, -0.2) is 33.3 Å². The molecule has 1 amide bonds. The molecule has 2 aromatic rings. The second-order valence-corrected chi connectivity index (χ2v) is 5.83. The predicted molar refractivity (Wildman–Crippen MR) is 85.2 cm³/mol. The molecular weight excluding hydrogens is 294 g/mol. The lowest BCUT2D eigenvalue weighted by Crippen LogP contribution is -2.41. The number of fused-ring (bicyclic) bond motifs is 1. The Bertz CT molecular complexity index is 724. The first kappa shape index (κ1) is 15.3. The first-order chi connectivity index (χ1) is 11.1. The summed E-state index contributed by atoms with van der Waals surface area (Å²) in [5, 5.41) is 13.4. The van der Waals surface area contributed by atoms with Crippen LogP contribution in [0, 0.1) is 5.92 Å². The van der Waals surface area contributed by atoms with E-state index < -0.39 is 5.97 Å². The molecule has 3 rings (SSSR count). The van der Waals surface area contributed by atoms with Crippen molar-refractivity contribution >= 4 is 17.6 Å². The third-order valence-corrected chi connectivity index (χ3v) is 4.33. The van der Waals surface area contributed by atoms with Crippen molar-refractivity contribution in [2.24, 2.45) is 13.0 Å². The van der Waals surface area contributed by atoms with E-state index in [9.17, 15) is 9.59 Å². The number of carboxylic acids is 1. The molecule has 0 spiro atoms. The number of rotatable bonds is 4. The van der Waals surface area contributed by atoms with Gasteiger partial charge in [-0.05, 0) is 30.5 Å². The number of aryl methyl sites for hydroxylation is 2. The molecule has 23 heavy (non-hydrogen) atoms. The number of nitrogens with zero attached hydrogens (tertiary/aromatic N) is 3. The number of amides is 1. The maximum absolute atomic E-state index is 12.9. The van der Waals surface area contributed by atoms with Gasteiger partial charge >= 0.3 is 5.97 Å². The van der Waals surface area contributed by atoms with Crippen LogP contribution in [0.1, 0.15) is 17.7 Å². The highest BCUT2D eigenvalue weighted by molar-refractivity contribution is 5.98. The fourth-order valence-electron chi connectivity index (χ4n) is 3.12. The molecule has 1 atom stereocenters. The molecule has 0 radical (unpaired) electrons. The minimum atomic E-state index is -1.01. The van der Waals surface area contributed by atoms with E-state index in [0.717, 1.165) is 18.5 Å². The maximum Gasteiger partial charge on any atom is 0.323 e. The summed E-state index contributed by atoms with van der Waals surface area (Å²) in [6.07, 6.45) is 3.98. The van der Waals surface area contributed by atoms with E-state index in [-0.39, 0.29) is 18.4 Å². The summed E-state index contributed by atoms with van der Waals surface area (Å²) in [6, 6.07) is 8.98. The summed E-state index contributed by atoms with van der Waals surface area (Å²) in [5.74, 6) is -1.36. The van der Waals surface area contributed by atoms with Gasteiger partial charge in [0.25, 0.3) is 0 Å². The van der Waals surface area contributed by atoms with Gasteiger partial charge in [0.15, 0.2) is 0 Å². The SMILES string of the molecule is Cn1ncc2c1CC(C(=O)N(CC(=O)O)c1ccccc1)CC2. The van der Waals surface area contributed by atoms with Crippen LogP contribution in [0.3, 0.4) is 0 Å². The van der Waals surface area contributed by atoms with Gasteiger partial charge in [-0.15, -0.1) is 0 Å². The number of carbonyl (C=O) groups is 2. The second-order valence-electron chi connectivity index (χ2n) is 5.83. The molecule has 0 saturated carbocycles. The Kier molecular flexibility index (Phi) is 4.14. The smallest absolute Gasteiger partial charge is 0.323 e. The normalized spacial score (nSPS) is 16.7. The van der Waals surface area contributed by atoms with Crippen molar-refractivity contribution in [3.05, 3.63) is 47.8 Å². The minimum absolute atomic E-state index is 0.134. The van der Waals surface area contributed by atoms with Crippen molar-refractivity contribution in [2.75, 3.05) is 11.4 Å². The number of carbonyl (C=O) groups excluding carboxylic acids is 1. The average Bonchev–Trinajstić information content (AvgIpc) is 2.93. The largest absolute Gasteiger partial charge is 0.480 e. The zero-order chi connectivity index (χ0) is 16.4. The summed E-state index contributed by atoms with van der Waals surface area (Å²) < 4.78 is 1.80. The van der Waals surface area contributed by atoms with Crippen LogP contribution in [-0.2, 0) is 29.5 Å². The Morgan fingerprint density at radius 2 is 2.09 bits per heavy atom. The number of anilines is 1. The average molecular weight is 313 g/mol. The molecular formula is C17H19N3O3. The van der Waals surface area contributed by atoms with E-state index in [1.165, 1.54) is 10.5 Å². The number of carboxylic acid groups (broad SMARTS) is 1. The van der Waals surface area contributed by atoms with Gasteiger partial charge in [0, 0.05) is 30.8 Å². The Morgan fingerprint density at radius 3 is 2.78 bits per heavy atom. The van der Waals surface area contributed by atoms with Gasteiger partial charge in [-0.3, -0.25) is 14.3 Å². The highest BCUT2D eigenvalue weighted by Crippen LogP contribution is 2.28.